The monoisotopic (exact) mass is 338 g/mol. The van der Waals surface area contributed by atoms with Crippen LogP contribution in [0.1, 0.15) is 11.1 Å². The zero-order valence-corrected chi connectivity index (χ0v) is 13.8. The Bertz CT molecular complexity index is 922. The Hall–Kier alpha value is -3.09. The Morgan fingerprint density at radius 2 is 2.40 bits per heavy atom. The molecule has 0 fully saturated rings. The molecule has 1 aliphatic rings. The predicted molar refractivity (Wildman–Crippen MR) is 90.5 cm³/mol. The molecule has 0 saturated heterocycles. The van der Waals surface area contributed by atoms with Crippen LogP contribution < -0.4 is 14.8 Å². The van der Waals surface area contributed by atoms with Crippen LogP contribution in [0, 0.1) is 5.92 Å². The first-order chi connectivity index (χ1) is 12.2. The number of hydrogen-bond acceptors (Lipinski definition) is 5. The van der Waals surface area contributed by atoms with Gasteiger partial charge in [-0.3, -0.25) is 4.79 Å². The van der Waals surface area contributed by atoms with E-state index in [-0.39, 0.29) is 11.8 Å². The normalized spacial score (nSPS) is 16.1. The van der Waals surface area contributed by atoms with Crippen LogP contribution in [-0.2, 0) is 17.8 Å². The van der Waals surface area contributed by atoms with Gasteiger partial charge in [0, 0.05) is 30.6 Å². The number of carbonyl (C=O) groups excluding carboxylic acids is 1. The molecule has 7 nitrogen and oxygen atoms in total. The maximum Gasteiger partial charge on any atom is 0.227 e. The molecule has 0 radical (unpaired) electrons. The third kappa shape index (κ3) is 3.00. The Balaban J connectivity index is 1.41. The van der Waals surface area contributed by atoms with Crippen molar-refractivity contribution in [2.75, 3.05) is 13.7 Å². The molecule has 0 saturated carbocycles. The lowest BCUT2D eigenvalue weighted by atomic mass is 9.96. The highest BCUT2D eigenvalue weighted by atomic mass is 16.5. The summed E-state index contributed by atoms with van der Waals surface area (Å²) in [5, 5.41) is 7.18. The second-order valence-electron chi connectivity index (χ2n) is 5.96. The summed E-state index contributed by atoms with van der Waals surface area (Å²) in [7, 11) is 1.62. The summed E-state index contributed by atoms with van der Waals surface area (Å²) in [6.45, 7) is 0.754. The van der Waals surface area contributed by atoms with E-state index in [1.165, 1.54) is 0 Å². The van der Waals surface area contributed by atoms with E-state index in [1.807, 2.05) is 30.5 Å². The summed E-state index contributed by atoms with van der Waals surface area (Å²) in [6, 6.07) is 7.50. The van der Waals surface area contributed by atoms with Gasteiger partial charge in [-0.15, -0.1) is 0 Å². The molecule has 1 N–H and O–H groups in total. The average molecular weight is 338 g/mol. The summed E-state index contributed by atoms with van der Waals surface area (Å²) in [6.07, 6.45) is 5.91. The van der Waals surface area contributed by atoms with Crippen LogP contribution in [0.3, 0.4) is 0 Å². The molecule has 3 aromatic rings. The van der Waals surface area contributed by atoms with Gasteiger partial charge in [-0.25, -0.2) is 9.50 Å². The summed E-state index contributed by atoms with van der Waals surface area (Å²) >= 11 is 0. The molecule has 3 heterocycles. The highest BCUT2D eigenvalue weighted by Gasteiger charge is 2.26. The number of amides is 1. The summed E-state index contributed by atoms with van der Waals surface area (Å²) in [4.78, 5) is 16.8. The second-order valence-corrected chi connectivity index (χ2v) is 5.96. The van der Waals surface area contributed by atoms with Gasteiger partial charge in [0.15, 0.2) is 5.65 Å². The minimum absolute atomic E-state index is 0.0308. The fraction of sp³-hybridized carbons (Fsp3) is 0.278. The van der Waals surface area contributed by atoms with E-state index in [4.69, 9.17) is 9.47 Å². The number of ether oxygens (including phenoxy) is 2. The van der Waals surface area contributed by atoms with Crippen molar-refractivity contribution in [2.45, 2.75) is 13.0 Å². The molecule has 25 heavy (non-hydrogen) atoms. The first-order valence-corrected chi connectivity index (χ1v) is 8.09. The highest BCUT2D eigenvalue weighted by molar-refractivity contribution is 5.79. The molecule has 2 aromatic heterocycles. The van der Waals surface area contributed by atoms with Gasteiger partial charge in [0.05, 0.1) is 19.2 Å². The van der Waals surface area contributed by atoms with Crippen LogP contribution >= 0.6 is 0 Å². The largest absolute Gasteiger partial charge is 0.497 e. The van der Waals surface area contributed by atoms with Crippen LogP contribution in [0.5, 0.6) is 11.5 Å². The van der Waals surface area contributed by atoms with Crippen LogP contribution in [0.25, 0.3) is 5.65 Å². The van der Waals surface area contributed by atoms with Crippen molar-refractivity contribution in [3.8, 4) is 11.5 Å². The van der Waals surface area contributed by atoms with E-state index in [2.05, 4.69) is 15.4 Å². The number of nitrogens with zero attached hydrogens (tertiary/aromatic N) is 3. The van der Waals surface area contributed by atoms with Gasteiger partial charge in [-0.1, -0.05) is 6.07 Å². The molecular weight excluding hydrogens is 320 g/mol. The quantitative estimate of drug-likeness (QED) is 0.782. The Labute approximate surface area is 144 Å². The molecule has 0 bridgehead atoms. The van der Waals surface area contributed by atoms with E-state index in [9.17, 15) is 4.79 Å². The zero-order valence-electron chi connectivity index (χ0n) is 13.8. The number of rotatable bonds is 4. The maximum absolute atomic E-state index is 12.5. The van der Waals surface area contributed by atoms with Gasteiger partial charge in [-0.05, 0) is 24.1 Å². The van der Waals surface area contributed by atoms with Crippen molar-refractivity contribution >= 4 is 11.6 Å². The Morgan fingerprint density at radius 1 is 1.48 bits per heavy atom. The molecule has 1 amide bonds. The molecule has 0 aliphatic carbocycles. The topological polar surface area (TPSA) is 77.8 Å². The predicted octanol–water partition coefficient (Wildman–Crippen LogP) is 1.61. The standard InChI is InChI=1S/C18H18N4O3/c1-24-15-4-3-12-7-13(11-25-16(12)8-15)18(23)20-9-14-10-21-22-6-2-5-19-17(14)22/h2-6,8,10,13H,7,9,11H2,1H3,(H,20,23)/t13-/m1/s1. The minimum Gasteiger partial charge on any atom is -0.497 e. The van der Waals surface area contributed by atoms with Crippen LogP contribution in [0.15, 0.2) is 42.9 Å². The summed E-state index contributed by atoms with van der Waals surface area (Å²) < 4.78 is 12.6. The fourth-order valence-electron chi connectivity index (χ4n) is 2.98. The molecule has 7 heteroatoms. The number of carbonyl (C=O) groups is 1. The highest BCUT2D eigenvalue weighted by Crippen LogP contribution is 2.31. The third-order valence-corrected chi connectivity index (χ3v) is 4.36. The van der Waals surface area contributed by atoms with Gasteiger partial charge >= 0.3 is 0 Å². The van der Waals surface area contributed by atoms with Gasteiger partial charge in [-0.2, -0.15) is 5.10 Å². The van der Waals surface area contributed by atoms with E-state index in [0.29, 0.717) is 19.6 Å². The molecular formula is C18H18N4O3. The molecule has 0 spiro atoms. The smallest absolute Gasteiger partial charge is 0.227 e. The van der Waals surface area contributed by atoms with E-state index in [0.717, 1.165) is 28.3 Å². The van der Waals surface area contributed by atoms with E-state index in [1.54, 1.807) is 24.0 Å². The zero-order chi connectivity index (χ0) is 17.2. The summed E-state index contributed by atoms with van der Waals surface area (Å²) in [5.74, 6) is 1.30. The lowest BCUT2D eigenvalue weighted by Gasteiger charge is -2.25. The number of hydrogen-bond donors (Lipinski definition) is 1. The van der Waals surface area contributed by atoms with Crippen molar-refractivity contribution < 1.29 is 14.3 Å². The van der Waals surface area contributed by atoms with Crippen molar-refractivity contribution in [1.29, 1.82) is 0 Å². The van der Waals surface area contributed by atoms with Crippen molar-refractivity contribution in [3.63, 3.8) is 0 Å². The van der Waals surface area contributed by atoms with Crippen molar-refractivity contribution in [1.82, 2.24) is 19.9 Å². The molecule has 1 aromatic carbocycles. The second kappa shape index (κ2) is 6.43. The number of nitrogens with one attached hydrogen (secondary N) is 1. The maximum atomic E-state index is 12.5. The van der Waals surface area contributed by atoms with Crippen molar-refractivity contribution in [3.05, 3.63) is 54.0 Å². The Kier molecular flexibility index (Phi) is 3.97. The van der Waals surface area contributed by atoms with E-state index < -0.39 is 0 Å². The fourth-order valence-corrected chi connectivity index (χ4v) is 2.98. The lowest BCUT2D eigenvalue weighted by Crippen LogP contribution is -2.37. The first-order valence-electron chi connectivity index (χ1n) is 8.09. The van der Waals surface area contributed by atoms with Crippen LogP contribution in [0.4, 0.5) is 0 Å². The number of methoxy groups -OCH3 is 1. The third-order valence-electron chi connectivity index (χ3n) is 4.36. The van der Waals surface area contributed by atoms with Gasteiger partial charge < -0.3 is 14.8 Å². The Morgan fingerprint density at radius 3 is 3.28 bits per heavy atom. The molecule has 0 unspecified atom stereocenters. The molecule has 4 rings (SSSR count). The summed E-state index contributed by atoms with van der Waals surface area (Å²) in [5.41, 5.74) is 2.65. The molecule has 1 aliphatic heterocycles. The van der Waals surface area contributed by atoms with E-state index >= 15 is 0 Å². The number of fused-ring (bicyclic) bond motifs is 2. The number of aromatic nitrogens is 3. The lowest BCUT2D eigenvalue weighted by molar-refractivity contribution is -0.126. The first kappa shape index (κ1) is 15.4. The molecule has 128 valence electrons. The van der Waals surface area contributed by atoms with Crippen LogP contribution in [-0.4, -0.2) is 34.2 Å². The number of benzene rings is 1. The SMILES string of the molecule is COc1ccc2c(c1)OC[C@H](C(=O)NCc1cnn3cccnc13)C2. The van der Waals surface area contributed by atoms with Gasteiger partial charge in [0.1, 0.15) is 18.1 Å². The average Bonchev–Trinajstić information content (AvgIpc) is 3.08. The van der Waals surface area contributed by atoms with Crippen LogP contribution in [0.2, 0.25) is 0 Å². The van der Waals surface area contributed by atoms with Gasteiger partial charge in [0.25, 0.3) is 0 Å². The molecule has 1 atom stereocenters. The minimum atomic E-state index is -0.212. The van der Waals surface area contributed by atoms with Crippen molar-refractivity contribution in [2.24, 2.45) is 5.92 Å². The van der Waals surface area contributed by atoms with Gasteiger partial charge in [0.2, 0.25) is 5.91 Å².